The maximum Gasteiger partial charge on any atom is 0.135 e. The Kier molecular flexibility index (Phi) is 14.0. The Balaban J connectivity index is 0.00000688. The van der Waals surface area contributed by atoms with Crippen molar-refractivity contribution in [1.82, 2.24) is 9.55 Å². The zero-order valence-corrected chi connectivity index (χ0v) is 49.8. The number of benzene rings is 8. The van der Waals surface area contributed by atoms with Gasteiger partial charge in [0.05, 0.1) is 0 Å². The zero-order chi connectivity index (χ0) is 54.2. The normalized spacial score (nSPS) is 13.2. The Morgan fingerprint density at radius 2 is 1.03 bits per heavy atom. The number of fused-ring (bicyclic) bond motifs is 4. The minimum atomic E-state index is -0.413. The van der Waals surface area contributed by atoms with Gasteiger partial charge < -0.3 is 19.1 Å². The molecule has 10 aromatic rings. The van der Waals surface area contributed by atoms with Crippen molar-refractivity contribution in [2.45, 2.75) is 117 Å². The number of nitrogens with zero attached hydrogens (tertiary/aromatic N) is 4. The van der Waals surface area contributed by atoms with Crippen molar-refractivity contribution in [3.8, 4) is 28.4 Å². The van der Waals surface area contributed by atoms with Gasteiger partial charge in [-0.1, -0.05) is 222 Å². The Labute approximate surface area is 478 Å². The van der Waals surface area contributed by atoms with Crippen LogP contribution in [0.5, 0.6) is 11.5 Å². The molecule has 2 aromatic heterocycles. The zero-order valence-electron chi connectivity index (χ0n) is 47.5. The number of ether oxygens (including phenoxy) is 1. The summed E-state index contributed by atoms with van der Waals surface area (Å²) in [4.78, 5) is 9.70. The molecule has 398 valence electrons. The second-order valence-corrected chi connectivity index (χ2v) is 25.2. The summed E-state index contributed by atoms with van der Waals surface area (Å²) in [6, 6.07) is 73.8. The standard InChI is InChI=1S/C72H71N4O.Pt/c1-68(2,3)52-33-34-63-64(42-52)75(56-38-49(48-25-17-14-18-26-48)37-54(39-56)71(10,11)50-27-19-15-20-28-50)47-74(63)57-40-55(72(12,13)51-29-21-16-22-30-51)41-58(44-57)77-59-45-61(70(7,8)9)67-60-31-23-24-32-62(60)76(65(67)46-59)66-43-53(35-36-73-66)69(4,5)6;/h14-43,45,47H,1-13H3;/q-3;. The van der Waals surface area contributed by atoms with E-state index in [0.717, 1.165) is 61.5 Å². The number of para-hydroxylation sites is 1. The van der Waals surface area contributed by atoms with Gasteiger partial charge in [0.1, 0.15) is 5.82 Å². The van der Waals surface area contributed by atoms with Crippen LogP contribution in [0.1, 0.15) is 129 Å². The van der Waals surface area contributed by atoms with E-state index in [1.54, 1.807) is 0 Å². The molecule has 0 unspecified atom stereocenters. The van der Waals surface area contributed by atoms with Gasteiger partial charge in [-0.2, -0.15) is 0 Å². The van der Waals surface area contributed by atoms with E-state index in [-0.39, 0.29) is 42.7 Å². The van der Waals surface area contributed by atoms with E-state index in [0.29, 0.717) is 11.5 Å². The third-order valence-corrected chi connectivity index (χ3v) is 15.9. The number of aromatic nitrogens is 2. The molecule has 11 rings (SSSR count). The molecule has 6 heteroatoms. The summed E-state index contributed by atoms with van der Waals surface area (Å²) in [6.07, 6.45) is 1.93. The smallest absolute Gasteiger partial charge is 0.135 e. The molecule has 0 spiro atoms. The van der Waals surface area contributed by atoms with E-state index < -0.39 is 5.41 Å². The van der Waals surface area contributed by atoms with Crippen molar-refractivity contribution in [3.63, 3.8) is 0 Å². The van der Waals surface area contributed by atoms with Gasteiger partial charge in [-0.05, 0) is 108 Å². The summed E-state index contributed by atoms with van der Waals surface area (Å²) in [5, 5.41) is 2.31. The molecule has 0 bridgehead atoms. The predicted octanol–water partition coefficient (Wildman–Crippen LogP) is 19.2. The van der Waals surface area contributed by atoms with E-state index in [4.69, 9.17) is 9.72 Å². The van der Waals surface area contributed by atoms with Crippen molar-refractivity contribution in [2.24, 2.45) is 0 Å². The van der Waals surface area contributed by atoms with Gasteiger partial charge in [0.2, 0.25) is 0 Å². The fourth-order valence-electron chi connectivity index (χ4n) is 11.0. The number of pyridine rings is 1. The Morgan fingerprint density at radius 1 is 0.449 bits per heavy atom. The van der Waals surface area contributed by atoms with Gasteiger partial charge in [-0.15, -0.1) is 53.8 Å². The van der Waals surface area contributed by atoms with Crippen LogP contribution in [0, 0.1) is 18.8 Å². The minimum absolute atomic E-state index is 0. The molecular weight excluding hydrogens is 1130 g/mol. The van der Waals surface area contributed by atoms with E-state index in [2.05, 4.69) is 305 Å². The summed E-state index contributed by atoms with van der Waals surface area (Å²) in [5.74, 6) is 2.07. The summed E-state index contributed by atoms with van der Waals surface area (Å²) in [5.41, 5.74) is 15.8. The van der Waals surface area contributed by atoms with Crippen molar-refractivity contribution in [2.75, 3.05) is 9.80 Å². The first-order valence-corrected chi connectivity index (χ1v) is 27.2. The van der Waals surface area contributed by atoms with Gasteiger partial charge in [0, 0.05) is 66.8 Å². The average molecular weight is 1200 g/mol. The molecule has 0 aliphatic carbocycles. The summed E-state index contributed by atoms with van der Waals surface area (Å²) in [6.45, 7) is 32.0. The van der Waals surface area contributed by atoms with Crippen LogP contribution in [0.15, 0.2) is 188 Å². The number of rotatable bonds is 10. The quantitative estimate of drug-likeness (QED) is 0.128. The number of hydrogen-bond donors (Lipinski definition) is 0. The first-order valence-electron chi connectivity index (χ1n) is 27.2. The maximum absolute atomic E-state index is 7.28. The SMILES string of the molecule is CC(C)(C)c1ccnc(-n2c3[c-]c(Oc4[c-]c(N5[CH-]N(c6cc(-c7ccccc7)cc(C(C)(C)c7ccccc7)c6)c6cc(C(C)(C)C)ccc65)cc(C(C)(C)c5ccccc5)c4)cc(C(C)(C)C)c3c3ccccc32)c1.[Pt]. The Morgan fingerprint density at radius 3 is 1.65 bits per heavy atom. The molecule has 8 aromatic carbocycles. The topological polar surface area (TPSA) is 33.5 Å². The van der Waals surface area contributed by atoms with E-state index in [1.165, 1.54) is 38.9 Å². The second kappa shape index (κ2) is 20.2. The van der Waals surface area contributed by atoms with Crippen molar-refractivity contribution >= 4 is 44.6 Å². The fourth-order valence-corrected chi connectivity index (χ4v) is 11.0. The van der Waals surface area contributed by atoms with E-state index in [1.807, 2.05) is 6.20 Å². The van der Waals surface area contributed by atoms with E-state index >= 15 is 0 Å². The van der Waals surface area contributed by atoms with Gasteiger partial charge in [0.15, 0.2) is 0 Å². The molecule has 0 saturated heterocycles. The van der Waals surface area contributed by atoms with Gasteiger partial charge in [0.25, 0.3) is 0 Å². The van der Waals surface area contributed by atoms with Crippen LogP contribution < -0.4 is 14.5 Å². The monoisotopic (exact) mass is 1200 g/mol. The van der Waals surface area contributed by atoms with Crippen molar-refractivity contribution in [3.05, 3.63) is 246 Å². The van der Waals surface area contributed by atoms with Crippen LogP contribution in [0.25, 0.3) is 38.8 Å². The molecule has 78 heavy (non-hydrogen) atoms. The molecule has 0 N–H and O–H groups in total. The number of hydrogen-bond acceptors (Lipinski definition) is 4. The molecule has 0 radical (unpaired) electrons. The van der Waals surface area contributed by atoms with Crippen LogP contribution in [0.4, 0.5) is 22.7 Å². The molecule has 3 heterocycles. The molecule has 5 nitrogen and oxygen atoms in total. The fraction of sp³-hybridized carbons (Fsp3) is 0.250. The summed E-state index contributed by atoms with van der Waals surface area (Å²) in [7, 11) is 0. The van der Waals surface area contributed by atoms with Crippen LogP contribution >= 0.6 is 0 Å². The van der Waals surface area contributed by atoms with Crippen molar-refractivity contribution in [1.29, 1.82) is 0 Å². The maximum atomic E-state index is 7.28. The second-order valence-electron chi connectivity index (χ2n) is 25.2. The third-order valence-electron chi connectivity index (χ3n) is 15.9. The summed E-state index contributed by atoms with van der Waals surface area (Å²) < 4.78 is 9.55. The molecule has 0 amide bonds. The van der Waals surface area contributed by atoms with Crippen LogP contribution in [-0.4, -0.2) is 9.55 Å². The Bertz CT molecular complexity index is 3820. The molecule has 0 saturated carbocycles. The summed E-state index contributed by atoms with van der Waals surface area (Å²) >= 11 is 0. The molecule has 0 atom stereocenters. The molecule has 1 aliphatic rings. The van der Waals surface area contributed by atoms with Crippen molar-refractivity contribution < 1.29 is 25.8 Å². The average Bonchev–Trinajstić information content (AvgIpc) is 4.21. The third kappa shape index (κ3) is 10.1. The van der Waals surface area contributed by atoms with Gasteiger partial charge in [-0.25, -0.2) is 4.98 Å². The minimum Gasteiger partial charge on any atom is -0.509 e. The Hall–Kier alpha value is -7.20. The predicted molar refractivity (Wildman–Crippen MR) is 323 cm³/mol. The molecule has 1 aliphatic heterocycles. The first-order chi connectivity index (χ1) is 36.6. The molecular formula is C72H71N4OPt-3. The number of anilines is 4. The van der Waals surface area contributed by atoms with Crippen LogP contribution in [0.2, 0.25) is 0 Å². The largest absolute Gasteiger partial charge is 0.509 e. The van der Waals surface area contributed by atoms with Gasteiger partial charge >= 0.3 is 0 Å². The molecule has 0 fully saturated rings. The van der Waals surface area contributed by atoms with Gasteiger partial charge in [-0.3, -0.25) is 0 Å². The van der Waals surface area contributed by atoms with E-state index in [9.17, 15) is 0 Å². The van der Waals surface area contributed by atoms with Crippen LogP contribution in [0.3, 0.4) is 0 Å². The van der Waals surface area contributed by atoms with Crippen LogP contribution in [-0.2, 0) is 48.1 Å². The first kappa shape index (κ1) is 54.2.